The number of hydrogen-bond donors (Lipinski definition) is 1. The Bertz CT molecular complexity index is 668. The number of H-pyrrole nitrogens is 1. The van der Waals surface area contributed by atoms with E-state index in [1.165, 1.54) is 6.20 Å². The summed E-state index contributed by atoms with van der Waals surface area (Å²) < 4.78 is 0. The fourth-order valence-corrected chi connectivity index (χ4v) is 1.97. The van der Waals surface area contributed by atoms with Crippen LogP contribution < -0.4 is 5.56 Å². The molecule has 0 unspecified atom stereocenters. The molecule has 0 amide bonds. The zero-order valence-corrected chi connectivity index (χ0v) is 9.88. The van der Waals surface area contributed by atoms with Crippen molar-refractivity contribution < 1.29 is 0 Å². The van der Waals surface area contributed by atoms with Gasteiger partial charge in [0.2, 0.25) is 0 Å². The van der Waals surface area contributed by atoms with E-state index in [1.807, 2.05) is 19.1 Å². The topological polar surface area (TPSA) is 56.6 Å². The Balaban J connectivity index is 2.74. The second-order valence-electron chi connectivity index (χ2n) is 3.67. The second kappa shape index (κ2) is 4.44. The Kier molecular flexibility index (Phi) is 2.99. The van der Waals surface area contributed by atoms with Gasteiger partial charge in [-0.2, -0.15) is 5.26 Å². The number of benzene rings is 1. The number of nitrogens with one attached hydrogen (secondary N) is 1. The molecule has 1 aromatic carbocycles. The number of rotatable bonds is 1. The van der Waals surface area contributed by atoms with Crippen LogP contribution in [0, 0.1) is 18.3 Å². The van der Waals surface area contributed by atoms with Gasteiger partial charge in [0.25, 0.3) is 5.56 Å². The molecule has 0 spiro atoms. The molecule has 1 heterocycles. The van der Waals surface area contributed by atoms with Crippen molar-refractivity contribution in [3.05, 3.63) is 57.0 Å². The SMILES string of the molecule is Cc1cc(Cl)ccc1-c1cc[nH]c(=O)c1C#N. The molecule has 0 fully saturated rings. The molecule has 0 saturated heterocycles. The molecule has 17 heavy (non-hydrogen) atoms. The van der Waals surface area contributed by atoms with Gasteiger partial charge in [-0.25, -0.2) is 0 Å². The van der Waals surface area contributed by atoms with Gasteiger partial charge in [0.15, 0.2) is 0 Å². The van der Waals surface area contributed by atoms with E-state index < -0.39 is 0 Å². The maximum atomic E-state index is 11.5. The lowest BCUT2D eigenvalue weighted by Gasteiger charge is -2.07. The Labute approximate surface area is 103 Å². The first-order valence-electron chi connectivity index (χ1n) is 5.02. The zero-order valence-electron chi connectivity index (χ0n) is 9.12. The standard InChI is InChI=1S/C13H9ClN2O/c1-8-6-9(14)2-3-10(8)11-4-5-16-13(17)12(11)7-15/h2-6H,1H3,(H,16,17). The fourth-order valence-electron chi connectivity index (χ4n) is 1.74. The Morgan fingerprint density at radius 3 is 2.71 bits per heavy atom. The normalized spacial score (nSPS) is 9.94. The molecule has 0 saturated carbocycles. The van der Waals surface area contributed by atoms with Crippen LogP contribution >= 0.6 is 11.6 Å². The van der Waals surface area contributed by atoms with Crippen LogP contribution in [0.15, 0.2) is 35.3 Å². The van der Waals surface area contributed by atoms with Gasteiger partial charge in [-0.05, 0) is 36.2 Å². The molecule has 0 radical (unpaired) electrons. The number of pyridine rings is 1. The summed E-state index contributed by atoms with van der Waals surface area (Å²) >= 11 is 5.88. The highest BCUT2D eigenvalue weighted by molar-refractivity contribution is 6.30. The van der Waals surface area contributed by atoms with E-state index in [-0.39, 0.29) is 11.1 Å². The van der Waals surface area contributed by atoms with Crippen molar-refractivity contribution in [1.29, 1.82) is 5.26 Å². The quantitative estimate of drug-likeness (QED) is 0.839. The van der Waals surface area contributed by atoms with Crippen LogP contribution in [0.2, 0.25) is 5.02 Å². The van der Waals surface area contributed by atoms with E-state index >= 15 is 0 Å². The van der Waals surface area contributed by atoms with E-state index in [4.69, 9.17) is 16.9 Å². The molecule has 2 aromatic rings. The van der Waals surface area contributed by atoms with E-state index in [0.29, 0.717) is 10.6 Å². The van der Waals surface area contributed by atoms with Crippen molar-refractivity contribution in [1.82, 2.24) is 4.98 Å². The largest absolute Gasteiger partial charge is 0.328 e. The average molecular weight is 245 g/mol. The van der Waals surface area contributed by atoms with Crippen molar-refractivity contribution in [3.63, 3.8) is 0 Å². The first-order chi connectivity index (χ1) is 8.13. The van der Waals surface area contributed by atoms with Gasteiger partial charge in [0, 0.05) is 16.8 Å². The van der Waals surface area contributed by atoms with Crippen LogP contribution in [-0.2, 0) is 0 Å². The van der Waals surface area contributed by atoms with E-state index in [9.17, 15) is 4.79 Å². The first-order valence-corrected chi connectivity index (χ1v) is 5.39. The van der Waals surface area contributed by atoms with Crippen LogP contribution in [0.1, 0.15) is 11.1 Å². The lowest BCUT2D eigenvalue weighted by Crippen LogP contribution is -2.10. The minimum Gasteiger partial charge on any atom is -0.328 e. The maximum absolute atomic E-state index is 11.5. The average Bonchev–Trinajstić information content (AvgIpc) is 2.29. The Morgan fingerprint density at radius 1 is 1.29 bits per heavy atom. The minimum absolute atomic E-state index is 0.123. The third-order valence-corrected chi connectivity index (χ3v) is 2.79. The van der Waals surface area contributed by atoms with Crippen molar-refractivity contribution in [2.45, 2.75) is 6.92 Å². The van der Waals surface area contributed by atoms with Gasteiger partial charge >= 0.3 is 0 Å². The number of aromatic amines is 1. The molecule has 84 valence electrons. The van der Waals surface area contributed by atoms with Gasteiger partial charge in [-0.15, -0.1) is 0 Å². The number of hydrogen-bond acceptors (Lipinski definition) is 2. The minimum atomic E-state index is -0.376. The molecule has 4 heteroatoms. The maximum Gasteiger partial charge on any atom is 0.266 e. The van der Waals surface area contributed by atoms with Crippen LogP contribution in [0.4, 0.5) is 0 Å². The van der Waals surface area contributed by atoms with Crippen molar-refractivity contribution in [3.8, 4) is 17.2 Å². The highest BCUT2D eigenvalue weighted by Crippen LogP contribution is 2.26. The first kappa shape index (κ1) is 11.4. The monoisotopic (exact) mass is 244 g/mol. The molecule has 2 rings (SSSR count). The lowest BCUT2D eigenvalue weighted by atomic mass is 9.98. The summed E-state index contributed by atoms with van der Waals surface area (Å²) in [6.45, 7) is 1.89. The molecule has 3 nitrogen and oxygen atoms in total. The van der Waals surface area contributed by atoms with E-state index in [2.05, 4.69) is 4.98 Å². The second-order valence-corrected chi connectivity index (χ2v) is 4.10. The third-order valence-electron chi connectivity index (χ3n) is 2.55. The zero-order chi connectivity index (χ0) is 12.4. The smallest absolute Gasteiger partial charge is 0.266 e. The van der Waals surface area contributed by atoms with Crippen LogP contribution in [0.5, 0.6) is 0 Å². The Morgan fingerprint density at radius 2 is 2.06 bits per heavy atom. The fraction of sp³-hybridized carbons (Fsp3) is 0.0769. The highest BCUT2D eigenvalue weighted by atomic mass is 35.5. The van der Waals surface area contributed by atoms with Gasteiger partial charge in [-0.3, -0.25) is 4.79 Å². The van der Waals surface area contributed by atoms with Crippen LogP contribution in [-0.4, -0.2) is 4.98 Å². The summed E-state index contributed by atoms with van der Waals surface area (Å²) in [5.74, 6) is 0. The summed E-state index contributed by atoms with van der Waals surface area (Å²) in [7, 11) is 0. The molecule has 0 aliphatic heterocycles. The number of halogens is 1. The summed E-state index contributed by atoms with van der Waals surface area (Å²) in [6.07, 6.45) is 1.53. The summed E-state index contributed by atoms with van der Waals surface area (Å²) in [5.41, 5.74) is 2.15. The van der Waals surface area contributed by atoms with Crippen LogP contribution in [0.25, 0.3) is 11.1 Å². The number of nitrogens with zero attached hydrogens (tertiary/aromatic N) is 1. The highest BCUT2D eigenvalue weighted by Gasteiger charge is 2.10. The predicted molar refractivity (Wildman–Crippen MR) is 67.0 cm³/mol. The van der Waals surface area contributed by atoms with Gasteiger partial charge in [0.05, 0.1) is 0 Å². The van der Waals surface area contributed by atoms with Crippen LogP contribution in [0.3, 0.4) is 0 Å². The molecule has 0 bridgehead atoms. The van der Waals surface area contributed by atoms with Gasteiger partial charge in [-0.1, -0.05) is 17.7 Å². The van der Waals surface area contributed by atoms with E-state index in [0.717, 1.165) is 11.1 Å². The number of aromatic nitrogens is 1. The molecular formula is C13H9ClN2O. The summed E-state index contributed by atoms with van der Waals surface area (Å²) in [6, 6.07) is 9.01. The molecule has 0 aliphatic carbocycles. The molecular weight excluding hydrogens is 236 g/mol. The molecule has 1 N–H and O–H groups in total. The number of nitriles is 1. The molecule has 0 atom stereocenters. The van der Waals surface area contributed by atoms with Gasteiger partial charge in [0.1, 0.15) is 11.6 Å². The van der Waals surface area contributed by atoms with Gasteiger partial charge < -0.3 is 4.98 Å². The molecule has 1 aromatic heterocycles. The van der Waals surface area contributed by atoms with Crippen molar-refractivity contribution in [2.75, 3.05) is 0 Å². The Hall–Kier alpha value is -2.05. The van der Waals surface area contributed by atoms with E-state index in [1.54, 1.807) is 18.2 Å². The van der Waals surface area contributed by atoms with Crippen molar-refractivity contribution in [2.24, 2.45) is 0 Å². The summed E-state index contributed by atoms with van der Waals surface area (Å²) in [4.78, 5) is 14.0. The third kappa shape index (κ3) is 2.08. The molecule has 0 aliphatic rings. The predicted octanol–water partition coefficient (Wildman–Crippen LogP) is 2.88. The number of aryl methyl sites for hydroxylation is 1. The lowest BCUT2D eigenvalue weighted by molar-refractivity contribution is 1.21. The van der Waals surface area contributed by atoms with Crippen molar-refractivity contribution >= 4 is 11.6 Å². The summed E-state index contributed by atoms with van der Waals surface area (Å²) in [5, 5.41) is 9.64.